The van der Waals surface area contributed by atoms with Crippen LogP contribution in [0.5, 0.6) is 5.75 Å². The van der Waals surface area contributed by atoms with E-state index < -0.39 is 11.7 Å². The molecule has 138 valence electrons. The van der Waals surface area contributed by atoms with Gasteiger partial charge in [0.05, 0.1) is 0 Å². The molecule has 0 atom stereocenters. The van der Waals surface area contributed by atoms with Crippen LogP contribution in [0.15, 0.2) is 18.2 Å². The van der Waals surface area contributed by atoms with Gasteiger partial charge in [0.1, 0.15) is 17.5 Å². The molecule has 0 unspecified atom stereocenters. The number of phenols is 1. The highest BCUT2D eigenvalue weighted by Crippen LogP contribution is 2.22. The summed E-state index contributed by atoms with van der Waals surface area (Å²) >= 11 is 0. The SMILES string of the molecule is CC(C)(C)OC(=O)CCc1ccc(O)cc1CNC(=O)OC1CCC1. The number of amides is 1. The van der Waals surface area contributed by atoms with Gasteiger partial charge < -0.3 is 19.9 Å². The Morgan fingerprint density at radius 3 is 2.56 bits per heavy atom. The number of rotatable bonds is 6. The van der Waals surface area contributed by atoms with E-state index in [1.807, 2.05) is 20.8 Å². The van der Waals surface area contributed by atoms with Crippen molar-refractivity contribution in [1.29, 1.82) is 0 Å². The van der Waals surface area contributed by atoms with Gasteiger partial charge in [0.2, 0.25) is 0 Å². The summed E-state index contributed by atoms with van der Waals surface area (Å²) in [7, 11) is 0. The number of ether oxygens (including phenoxy) is 2. The van der Waals surface area contributed by atoms with E-state index in [0.717, 1.165) is 30.4 Å². The van der Waals surface area contributed by atoms with Gasteiger partial charge in [0.15, 0.2) is 0 Å². The lowest BCUT2D eigenvalue weighted by Gasteiger charge is -2.25. The number of nitrogens with one attached hydrogen (secondary N) is 1. The van der Waals surface area contributed by atoms with E-state index in [-0.39, 0.29) is 30.8 Å². The summed E-state index contributed by atoms with van der Waals surface area (Å²) in [5.41, 5.74) is 1.13. The first-order chi connectivity index (χ1) is 11.7. The summed E-state index contributed by atoms with van der Waals surface area (Å²) in [6, 6.07) is 4.92. The first-order valence-corrected chi connectivity index (χ1v) is 8.70. The Bertz CT molecular complexity index is 617. The fourth-order valence-electron chi connectivity index (χ4n) is 2.50. The molecule has 6 nitrogen and oxygen atoms in total. The monoisotopic (exact) mass is 349 g/mol. The van der Waals surface area contributed by atoms with Gasteiger partial charge in [-0.05, 0) is 69.7 Å². The largest absolute Gasteiger partial charge is 0.508 e. The maximum atomic E-state index is 11.9. The Morgan fingerprint density at radius 1 is 1.24 bits per heavy atom. The predicted molar refractivity (Wildman–Crippen MR) is 93.2 cm³/mol. The molecule has 1 aliphatic carbocycles. The van der Waals surface area contributed by atoms with Crippen molar-refractivity contribution >= 4 is 12.1 Å². The summed E-state index contributed by atoms with van der Waals surface area (Å²) < 4.78 is 10.6. The average molecular weight is 349 g/mol. The molecule has 1 fully saturated rings. The Balaban J connectivity index is 1.89. The third-order valence-corrected chi connectivity index (χ3v) is 3.96. The fraction of sp³-hybridized carbons (Fsp3) is 0.579. The number of hydrogen-bond acceptors (Lipinski definition) is 5. The summed E-state index contributed by atoms with van der Waals surface area (Å²) in [4.78, 5) is 23.6. The molecule has 1 amide bonds. The lowest BCUT2D eigenvalue weighted by Crippen LogP contribution is -2.32. The van der Waals surface area contributed by atoms with Crippen LogP contribution in [0.4, 0.5) is 4.79 Å². The molecule has 0 spiro atoms. The van der Waals surface area contributed by atoms with Crippen LogP contribution < -0.4 is 5.32 Å². The van der Waals surface area contributed by atoms with Gasteiger partial charge in [-0.1, -0.05) is 6.07 Å². The van der Waals surface area contributed by atoms with Crippen LogP contribution in [0.1, 0.15) is 57.6 Å². The standard InChI is InChI=1S/C19H27NO5/c1-19(2,3)25-17(22)10-8-13-7-9-15(21)11-14(13)12-20-18(23)24-16-5-4-6-16/h7,9,11,16,21H,4-6,8,10,12H2,1-3H3,(H,20,23). The minimum atomic E-state index is -0.512. The van der Waals surface area contributed by atoms with Gasteiger partial charge in [0.25, 0.3) is 0 Å². The number of benzene rings is 1. The number of aryl methyl sites for hydroxylation is 1. The molecule has 1 aromatic carbocycles. The van der Waals surface area contributed by atoms with E-state index in [4.69, 9.17) is 9.47 Å². The maximum absolute atomic E-state index is 11.9. The average Bonchev–Trinajstić information content (AvgIpc) is 2.46. The maximum Gasteiger partial charge on any atom is 0.407 e. The lowest BCUT2D eigenvalue weighted by molar-refractivity contribution is -0.154. The molecular formula is C19H27NO5. The van der Waals surface area contributed by atoms with Crippen LogP contribution in [-0.4, -0.2) is 28.9 Å². The Morgan fingerprint density at radius 2 is 1.96 bits per heavy atom. The zero-order valence-corrected chi connectivity index (χ0v) is 15.1. The van der Waals surface area contributed by atoms with E-state index in [9.17, 15) is 14.7 Å². The number of hydrogen-bond donors (Lipinski definition) is 2. The molecule has 2 rings (SSSR count). The van der Waals surface area contributed by atoms with E-state index in [2.05, 4.69) is 5.32 Å². The van der Waals surface area contributed by atoms with Crippen molar-refractivity contribution in [3.8, 4) is 5.75 Å². The fourth-order valence-corrected chi connectivity index (χ4v) is 2.50. The topological polar surface area (TPSA) is 84.9 Å². The number of aromatic hydroxyl groups is 1. The smallest absolute Gasteiger partial charge is 0.407 e. The van der Waals surface area contributed by atoms with Crippen molar-refractivity contribution in [3.63, 3.8) is 0 Å². The van der Waals surface area contributed by atoms with E-state index in [1.54, 1.807) is 18.2 Å². The van der Waals surface area contributed by atoms with Crippen LogP contribution in [0.25, 0.3) is 0 Å². The number of carbonyl (C=O) groups is 2. The Kier molecular flexibility index (Phi) is 6.28. The second-order valence-corrected chi connectivity index (χ2v) is 7.35. The van der Waals surface area contributed by atoms with Crippen LogP contribution in [0, 0.1) is 0 Å². The molecule has 0 radical (unpaired) electrons. The van der Waals surface area contributed by atoms with Gasteiger partial charge in [0, 0.05) is 13.0 Å². The van der Waals surface area contributed by atoms with Crippen molar-refractivity contribution in [2.24, 2.45) is 0 Å². The first-order valence-electron chi connectivity index (χ1n) is 8.70. The molecule has 1 aromatic rings. The van der Waals surface area contributed by atoms with Gasteiger partial charge in [-0.15, -0.1) is 0 Å². The van der Waals surface area contributed by atoms with Crippen LogP contribution in [0.3, 0.4) is 0 Å². The number of alkyl carbamates (subject to hydrolysis) is 1. The van der Waals surface area contributed by atoms with Crippen molar-refractivity contribution in [1.82, 2.24) is 5.32 Å². The van der Waals surface area contributed by atoms with Gasteiger partial charge >= 0.3 is 12.1 Å². The van der Waals surface area contributed by atoms with E-state index in [1.165, 1.54) is 0 Å². The summed E-state index contributed by atoms with van der Waals surface area (Å²) in [5, 5.41) is 12.4. The van der Waals surface area contributed by atoms with Gasteiger partial charge in [-0.2, -0.15) is 0 Å². The highest BCUT2D eigenvalue weighted by molar-refractivity contribution is 5.70. The molecular weight excluding hydrogens is 322 g/mol. The van der Waals surface area contributed by atoms with Gasteiger partial charge in [-0.25, -0.2) is 4.79 Å². The predicted octanol–water partition coefficient (Wildman–Crippen LogP) is 3.45. The number of phenolic OH excluding ortho intramolecular Hbond substituents is 1. The summed E-state index contributed by atoms with van der Waals surface area (Å²) in [6.07, 6.45) is 3.22. The minimum Gasteiger partial charge on any atom is -0.508 e. The van der Waals surface area contributed by atoms with Crippen molar-refractivity contribution in [2.75, 3.05) is 0 Å². The van der Waals surface area contributed by atoms with Crippen LogP contribution in [-0.2, 0) is 27.2 Å². The molecule has 6 heteroatoms. The zero-order chi connectivity index (χ0) is 18.4. The van der Waals surface area contributed by atoms with Crippen molar-refractivity contribution < 1.29 is 24.2 Å². The molecule has 0 bridgehead atoms. The van der Waals surface area contributed by atoms with Gasteiger partial charge in [-0.3, -0.25) is 4.79 Å². The van der Waals surface area contributed by atoms with Crippen molar-refractivity contribution in [2.45, 2.75) is 71.1 Å². The summed E-state index contributed by atoms with van der Waals surface area (Å²) in [5.74, 6) is -0.158. The van der Waals surface area contributed by atoms with E-state index in [0.29, 0.717) is 6.42 Å². The highest BCUT2D eigenvalue weighted by atomic mass is 16.6. The Hall–Kier alpha value is -2.24. The molecule has 0 aromatic heterocycles. The molecule has 0 aliphatic heterocycles. The molecule has 1 saturated carbocycles. The molecule has 1 aliphatic rings. The molecule has 0 saturated heterocycles. The molecule has 25 heavy (non-hydrogen) atoms. The number of carbonyl (C=O) groups excluding carboxylic acids is 2. The number of esters is 1. The molecule has 0 heterocycles. The minimum absolute atomic E-state index is 0.0239. The van der Waals surface area contributed by atoms with E-state index >= 15 is 0 Å². The third-order valence-electron chi connectivity index (χ3n) is 3.96. The second kappa shape index (κ2) is 8.23. The lowest BCUT2D eigenvalue weighted by atomic mass is 9.96. The summed E-state index contributed by atoms with van der Waals surface area (Å²) in [6.45, 7) is 5.72. The second-order valence-electron chi connectivity index (χ2n) is 7.35. The van der Waals surface area contributed by atoms with Crippen LogP contribution in [0.2, 0.25) is 0 Å². The Labute approximate surface area is 148 Å². The van der Waals surface area contributed by atoms with Crippen LogP contribution >= 0.6 is 0 Å². The molecule has 2 N–H and O–H groups in total. The highest BCUT2D eigenvalue weighted by Gasteiger charge is 2.21. The first kappa shape index (κ1) is 19.1. The quantitative estimate of drug-likeness (QED) is 0.769. The van der Waals surface area contributed by atoms with Crippen molar-refractivity contribution in [3.05, 3.63) is 29.3 Å². The third kappa shape index (κ3) is 6.64. The zero-order valence-electron chi connectivity index (χ0n) is 15.1. The normalized spacial score (nSPS) is 14.5.